The first-order valence-electron chi connectivity index (χ1n) is 6.99. The smallest absolute Gasteiger partial charge is 0.326 e. The Morgan fingerprint density at radius 3 is 2.65 bits per heavy atom. The number of hydrogen-bond acceptors (Lipinski definition) is 4. The summed E-state index contributed by atoms with van der Waals surface area (Å²) in [5, 5.41) is 23.0. The second-order valence-electron chi connectivity index (χ2n) is 5.32. The van der Waals surface area contributed by atoms with Crippen LogP contribution in [-0.4, -0.2) is 23.0 Å². The molecule has 6 nitrogen and oxygen atoms in total. The van der Waals surface area contributed by atoms with E-state index in [1.807, 2.05) is 13.8 Å². The van der Waals surface area contributed by atoms with Gasteiger partial charge in [-0.15, -0.1) is 0 Å². The fourth-order valence-corrected chi connectivity index (χ4v) is 1.81. The van der Waals surface area contributed by atoms with Gasteiger partial charge in [-0.2, -0.15) is 5.26 Å². The van der Waals surface area contributed by atoms with Crippen molar-refractivity contribution in [2.45, 2.75) is 26.3 Å². The molecule has 0 aliphatic rings. The average Bonchev–Trinajstić information content (AvgIpc) is 2.46. The molecule has 1 unspecified atom stereocenters. The first-order valence-corrected chi connectivity index (χ1v) is 6.99. The Morgan fingerprint density at radius 2 is 2.13 bits per heavy atom. The predicted molar refractivity (Wildman–Crippen MR) is 82.7 cm³/mol. The van der Waals surface area contributed by atoms with Crippen LogP contribution in [0.5, 0.6) is 0 Å². The Kier molecular flexibility index (Phi) is 6.74. The zero-order valence-corrected chi connectivity index (χ0v) is 12.8. The number of nitriles is 1. The number of carboxylic acid groups (broad SMARTS) is 1. The molecule has 122 valence electrons. The topological polar surface area (TPSA) is 102 Å². The Hall–Kier alpha value is -2.88. The number of anilines is 1. The number of nitrogens with zero attached hydrogens (tertiary/aromatic N) is 1. The zero-order valence-electron chi connectivity index (χ0n) is 12.8. The molecule has 0 spiro atoms. The van der Waals surface area contributed by atoms with Gasteiger partial charge in [-0.1, -0.05) is 19.9 Å². The number of rotatable bonds is 7. The molecule has 1 atom stereocenters. The number of hydrogen-bond donors (Lipinski definition) is 3. The lowest BCUT2D eigenvalue weighted by molar-refractivity contribution is -0.141. The average molecular weight is 319 g/mol. The molecular formula is C16H18FN3O3. The van der Waals surface area contributed by atoms with Crippen molar-refractivity contribution in [3.05, 3.63) is 41.9 Å². The Bertz CT molecular complexity index is 650. The molecule has 0 heterocycles. The van der Waals surface area contributed by atoms with Gasteiger partial charge in [0.1, 0.15) is 23.5 Å². The lowest BCUT2D eigenvalue weighted by Crippen LogP contribution is -2.42. The van der Waals surface area contributed by atoms with Crippen LogP contribution in [0.1, 0.15) is 20.3 Å². The highest BCUT2D eigenvalue weighted by molar-refractivity contribution is 5.99. The highest BCUT2D eigenvalue weighted by atomic mass is 19.1. The van der Waals surface area contributed by atoms with Crippen LogP contribution in [0.25, 0.3) is 0 Å². The number of halogens is 1. The van der Waals surface area contributed by atoms with Crippen molar-refractivity contribution >= 4 is 17.6 Å². The maximum atomic E-state index is 13.0. The minimum atomic E-state index is -1.16. The van der Waals surface area contributed by atoms with Crippen molar-refractivity contribution in [2.24, 2.45) is 5.92 Å². The van der Waals surface area contributed by atoms with Crippen molar-refractivity contribution in [2.75, 3.05) is 5.32 Å². The normalized spacial score (nSPS) is 12.4. The van der Waals surface area contributed by atoms with E-state index in [1.54, 1.807) is 12.1 Å². The number of benzene rings is 1. The Labute approximate surface area is 133 Å². The van der Waals surface area contributed by atoms with Crippen LogP contribution in [0.4, 0.5) is 10.1 Å². The first kappa shape index (κ1) is 18.2. The Morgan fingerprint density at radius 1 is 1.43 bits per heavy atom. The number of aliphatic carboxylic acids is 1. The van der Waals surface area contributed by atoms with Gasteiger partial charge >= 0.3 is 5.97 Å². The molecule has 23 heavy (non-hydrogen) atoms. The summed E-state index contributed by atoms with van der Waals surface area (Å²) in [6, 6.07) is 6.10. The molecule has 1 aromatic carbocycles. The molecule has 1 amide bonds. The van der Waals surface area contributed by atoms with E-state index in [0.717, 1.165) is 6.20 Å². The molecule has 0 radical (unpaired) electrons. The van der Waals surface area contributed by atoms with Gasteiger partial charge in [0, 0.05) is 11.9 Å². The van der Waals surface area contributed by atoms with E-state index in [-0.39, 0.29) is 17.9 Å². The van der Waals surface area contributed by atoms with Crippen LogP contribution >= 0.6 is 0 Å². The lowest BCUT2D eigenvalue weighted by atomic mass is 10.0. The van der Waals surface area contributed by atoms with E-state index in [2.05, 4.69) is 10.6 Å². The number of nitrogens with one attached hydrogen (secondary N) is 2. The molecule has 1 aromatic rings. The highest BCUT2D eigenvalue weighted by Crippen LogP contribution is 2.10. The summed E-state index contributed by atoms with van der Waals surface area (Å²) in [5.74, 6) is -2.36. The van der Waals surface area contributed by atoms with E-state index in [1.165, 1.54) is 18.2 Å². The van der Waals surface area contributed by atoms with Gasteiger partial charge in [0.2, 0.25) is 0 Å². The lowest BCUT2D eigenvalue weighted by Gasteiger charge is -2.16. The van der Waals surface area contributed by atoms with E-state index in [9.17, 15) is 14.0 Å². The fraction of sp³-hybridized carbons (Fsp3) is 0.312. The van der Waals surface area contributed by atoms with E-state index in [4.69, 9.17) is 10.4 Å². The van der Waals surface area contributed by atoms with Gasteiger partial charge < -0.3 is 15.7 Å². The molecule has 1 rings (SSSR count). The summed E-state index contributed by atoms with van der Waals surface area (Å²) in [6.07, 6.45) is 1.36. The van der Waals surface area contributed by atoms with Gasteiger partial charge in [-0.25, -0.2) is 9.18 Å². The molecule has 0 aromatic heterocycles. The van der Waals surface area contributed by atoms with Gasteiger partial charge in [0.15, 0.2) is 0 Å². The summed E-state index contributed by atoms with van der Waals surface area (Å²) in [6.45, 7) is 3.66. The highest BCUT2D eigenvalue weighted by Gasteiger charge is 2.22. The third-order valence-corrected chi connectivity index (χ3v) is 2.88. The van der Waals surface area contributed by atoms with Gasteiger partial charge in [0.25, 0.3) is 5.91 Å². The SMILES string of the molecule is CC(C)CC(NC(=O)/C(C#N)=C\Nc1cccc(F)c1)C(=O)O. The quantitative estimate of drug-likeness (QED) is 0.528. The zero-order chi connectivity index (χ0) is 17.4. The molecule has 0 saturated heterocycles. The minimum Gasteiger partial charge on any atom is -0.480 e. The number of carbonyl (C=O) groups excluding carboxylic acids is 1. The Balaban J connectivity index is 2.79. The predicted octanol–water partition coefficient (Wildman–Crippen LogP) is 2.26. The van der Waals surface area contributed by atoms with Crippen molar-refractivity contribution in [1.29, 1.82) is 5.26 Å². The summed E-state index contributed by atoms with van der Waals surface area (Å²) < 4.78 is 13.0. The third-order valence-electron chi connectivity index (χ3n) is 2.88. The maximum absolute atomic E-state index is 13.0. The fourth-order valence-electron chi connectivity index (χ4n) is 1.81. The third kappa shape index (κ3) is 6.18. The summed E-state index contributed by atoms with van der Waals surface area (Å²) in [5.41, 5.74) is 0.0618. The van der Waals surface area contributed by atoms with Crippen LogP contribution in [0.2, 0.25) is 0 Å². The van der Waals surface area contributed by atoms with E-state index in [0.29, 0.717) is 5.69 Å². The van der Waals surface area contributed by atoms with Crippen LogP contribution in [0.15, 0.2) is 36.0 Å². The van der Waals surface area contributed by atoms with Crippen molar-refractivity contribution in [3.63, 3.8) is 0 Å². The molecule has 7 heteroatoms. The summed E-state index contributed by atoms with van der Waals surface area (Å²) >= 11 is 0. The second-order valence-corrected chi connectivity index (χ2v) is 5.32. The number of amides is 1. The molecule has 0 aliphatic carbocycles. The molecule has 3 N–H and O–H groups in total. The van der Waals surface area contributed by atoms with Crippen molar-refractivity contribution in [1.82, 2.24) is 5.32 Å². The maximum Gasteiger partial charge on any atom is 0.326 e. The molecule has 0 fully saturated rings. The molecule has 0 bridgehead atoms. The first-order chi connectivity index (χ1) is 10.8. The van der Waals surface area contributed by atoms with Crippen molar-refractivity contribution in [3.8, 4) is 6.07 Å². The van der Waals surface area contributed by atoms with Gasteiger partial charge in [0.05, 0.1) is 0 Å². The van der Waals surface area contributed by atoms with Gasteiger partial charge in [-0.05, 0) is 30.5 Å². The van der Waals surface area contributed by atoms with Gasteiger partial charge in [-0.3, -0.25) is 4.79 Å². The van der Waals surface area contributed by atoms with E-state index >= 15 is 0 Å². The molecular weight excluding hydrogens is 301 g/mol. The number of carboxylic acids is 1. The van der Waals surface area contributed by atoms with Crippen molar-refractivity contribution < 1.29 is 19.1 Å². The van der Waals surface area contributed by atoms with E-state index < -0.39 is 23.7 Å². The monoisotopic (exact) mass is 319 g/mol. The standard InChI is InChI=1S/C16H18FN3O3/c1-10(2)6-14(16(22)23)20-15(21)11(8-18)9-19-13-5-3-4-12(17)7-13/h3-5,7,9-10,14,19H,6H2,1-2H3,(H,20,21)(H,22,23)/b11-9-. The van der Waals surface area contributed by atoms with Crippen LogP contribution in [0, 0.1) is 23.1 Å². The largest absolute Gasteiger partial charge is 0.480 e. The number of carbonyl (C=O) groups is 2. The minimum absolute atomic E-state index is 0.0661. The summed E-state index contributed by atoms with van der Waals surface area (Å²) in [7, 11) is 0. The molecule has 0 aliphatic heterocycles. The summed E-state index contributed by atoms with van der Waals surface area (Å²) in [4.78, 5) is 23.1. The second kappa shape index (κ2) is 8.54. The van der Waals surface area contributed by atoms with Crippen LogP contribution in [0.3, 0.4) is 0 Å². The molecule has 0 saturated carbocycles. The van der Waals surface area contributed by atoms with Crippen LogP contribution < -0.4 is 10.6 Å². The van der Waals surface area contributed by atoms with Crippen LogP contribution in [-0.2, 0) is 9.59 Å².